The molecule has 1 atom stereocenters. The molecule has 130 valence electrons. The summed E-state index contributed by atoms with van der Waals surface area (Å²) in [6.07, 6.45) is 0.579. The summed E-state index contributed by atoms with van der Waals surface area (Å²) in [5.41, 5.74) is 1.24. The van der Waals surface area contributed by atoms with Crippen LogP contribution < -0.4 is 15.4 Å². The van der Waals surface area contributed by atoms with Crippen LogP contribution in [-0.2, 0) is 9.53 Å². The van der Waals surface area contributed by atoms with Gasteiger partial charge in [-0.15, -0.1) is 0 Å². The molecule has 25 heavy (non-hydrogen) atoms. The van der Waals surface area contributed by atoms with Crippen molar-refractivity contribution in [3.63, 3.8) is 0 Å². The van der Waals surface area contributed by atoms with Crippen molar-refractivity contribution < 1.29 is 23.5 Å². The van der Waals surface area contributed by atoms with Gasteiger partial charge in [0, 0.05) is 17.7 Å². The summed E-state index contributed by atoms with van der Waals surface area (Å²) in [5.74, 6) is -0.810. The zero-order chi connectivity index (χ0) is 17.8. The molecule has 0 aliphatic carbocycles. The minimum Gasteiger partial charge on any atom is -0.495 e. The van der Waals surface area contributed by atoms with Gasteiger partial charge in [-0.3, -0.25) is 4.79 Å². The van der Waals surface area contributed by atoms with Crippen molar-refractivity contribution in [2.45, 2.75) is 12.5 Å². The van der Waals surface area contributed by atoms with Gasteiger partial charge >= 0.3 is 5.97 Å². The molecule has 0 unspecified atom stereocenters. The molecule has 0 radical (unpaired) electrons. The summed E-state index contributed by atoms with van der Waals surface area (Å²) in [4.78, 5) is 23.9. The van der Waals surface area contributed by atoms with Crippen LogP contribution in [0.1, 0.15) is 16.8 Å². The molecule has 1 heterocycles. The van der Waals surface area contributed by atoms with Gasteiger partial charge in [0.1, 0.15) is 17.6 Å². The number of carbonyl (C=O) groups is 2. The van der Waals surface area contributed by atoms with Crippen molar-refractivity contribution in [1.82, 2.24) is 0 Å². The third kappa shape index (κ3) is 3.88. The number of benzene rings is 2. The Morgan fingerprint density at radius 3 is 2.80 bits per heavy atom. The largest absolute Gasteiger partial charge is 0.495 e. The van der Waals surface area contributed by atoms with Crippen LogP contribution >= 0.6 is 0 Å². The van der Waals surface area contributed by atoms with E-state index in [2.05, 4.69) is 10.6 Å². The standard InChI is InChI=1S/C18H17FN2O4/c1-24-16-6-5-13(20-14-7-8-25-18(14)23)10-15(16)21-17(22)11-3-2-4-12(19)9-11/h2-6,9-10,14,20H,7-8H2,1H3,(H,21,22)/t14-/m0/s1. The van der Waals surface area contributed by atoms with Gasteiger partial charge in [-0.2, -0.15) is 0 Å². The maximum atomic E-state index is 13.3. The van der Waals surface area contributed by atoms with E-state index in [4.69, 9.17) is 9.47 Å². The number of rotatable bonds is 5. The normalized spacial score (nSPS) is 16.2. The first-order valence-corrected chi connectivity index (χ1v) is 7.75. The van der Waals surface area contributed by atoms with Crippen molar-refractivity contribution >= 4 is 23.3 Å². The Hall–Kier alpha value is -3.09. The van der Waals surface area contributed by atoms with Gasteiger partial charge in [0.2, 0.25) is 0 Å². The van der Waals surface area contributed by atoms with Gasteiger partial charge in [-0.25, -0.2) is 9.18 Å². The molecular formula is C18H17FN2O4. The van der Waals surface area contributed by atoms with Gasteiger partial charge in [-0.05, 0) is 36.4 Å². The lowest BCUT2D eigenvalue weighted by Gasteiger charge is -2.15. The van der Waals surface area contributed by atoms with Crippen LogP contribution in [0.15, 0.2) is 42.5 Å². The van der Waals surface area contributed by atoms with Crippen molar-refractivity contribution in [3.05, 3.63) is 53.8 Å². The Morgan fingerprint density at radius 2 is 2.12 bits per heavy atom. The third-order valence-electron chi connectivity index (χ3n) is 3.81. The van der Waals surface area contributed by atoms with Crippen molar-refractivity contribution in [2.75, 3.05) is 24.4 Å². The van der Waals surface area contributed by atoms with E-state index in [0.717, 1.165) is 6.07 Å². The van der Waals surface area contributed by atoms with Crippen LogP contribution in [0.5, 0.6) is 5.75 Å². The van der Waals surface area contributed by atoms with Crippen LogP contribution in [-0.4, -0.2) is 31.6 Å². The van der Waals surface area contributed by atoms with Crippen LogP contribution in [0.3, 0.4) is 0 Å². The first-order valence-electron chi connectivity index (χ1n) is 7.75. The Kier molecular flexibility index (Phi) is 4.83. The molecule has 0 spiro atoms. The van der Waals surface area contributed by atoms with Gasteiger partial charge in [0.05, 0.1) is 19.4 Å². The minimum atomic E-state index is -0.491. The lowest BCUT2D eigenvalue weighted by Crippen LogP contribution is -2.24. The predicted octanol–water partition coefficient (Wildman–Crippen LogP) is 2.81. The van der Waals surface area contributed by atoms with E-state index in [9.17, 15) is 14.0 Å². The van der Waals surface area contributed by atoms with Crippen LogP contribution in [0, 0.1) is 5.82 Å². The lowest BCUT2D eigenvalue weighted by molar-refractivity contribution is -0.138. The highest BCUT2D eigenvalue weighted by atomic mass is 19.1. The maximum absolute atomic E-state index is 13.3. The number of anilines is 2. The van der Waals surface area contributed by atoms with Crippen molar-refractivity contribution in [2.24, 2.45) is 0 Å². The van der Waals surface area contributed by atoms with E-state index in [0.29, 0.717) is 30.2 Å². The molecule has 0 bridgehead atoms. The molecule has 2 N–H and O–H groups in total. The molecule has 1 aliphatic rings. The van der Waals surface area contributed by atoms with Gasteiger partial charge < -0.3 is 20.1 Å². The second-order valence-electron chi connectivity index (χ2n) is 5.53. The number of amides is 1. The number of hydrogen-bond donors (Lipinski definition) is 2. The summed E-state index contributed by atoms with van der Waals surface area (Å²) < 4.78 is 23.4. The highest BCUT2D eigenvalue weighted by Crippen LogP contribution is 2.29. The number of cyclic esters (lactones) is 1. The average molecular weight is 344 g/mol. The topological polar surface area (TPSA) is 76.7 Å². The zero-order valence-electron chi connectivity index (χ0n) is 13.5. The lowest BCUT2D eigenvalue weighted by atomic mass is 10.1. The van der Waals surface area contributed by atoms with E-state index in [1.165, 1.54) is 25.3 Å². The highest BCUT2D eigenvalue weighted by molar-refractivity contribution is 6.05. The number of ether oxygens (including phenoxy) is 2. The SMILES string of the molecule is COc1ccc(N[C@H]2CCOC2=O)cc1NC(=O)c1cccc(F)c1. The Balaban J connectivity index is 1.80. The molecule has 1 fully saturated rings. The fourth-order valence-corrected chi connectivity index (χ4v) is 2.55. The van der Waals surface area contributed by atoms with Crippen LogP contribution in [0.4, 0.5) is 15.8 Å². The summed E-state index contributed by atoms with van der Waals surface area (Å²) in [6, 6.07) is 10.0. The minimum absolute atomic E-state index is 0.194. The molecule has 6 nitrogen and oxygen atoms in total. The monoisotopic (exact) mass is 344 g/mol. The molecule has 0 saturated carbocycles. The molecule has 2 aromatic carbocycles. The molecule has 1 saturated heterocycles. The second-order valence-corrected chi connectivity index (χ2v) is 5.53. The summed E-state index contributed by atoms with van der Waals surface area (Å²) >= 11 is 0. The number of esters is 1. The number of methoxy groups -OCH3 is 1. The van der Waals surface area contributed by atoms with E-state index in [1.807, 2.05) is 0 Å². The van der Waals surface area contributed by atoms with E-state index < -0.39 is 17.8 Å². The smallest absolute Gasteiger partial charge is 0.328 e. The fraction of sp³-hybridized carbons (Fsp3) is 0.222. The fourth-order valence-electron chi connectivity index (χ4n) is 2.55. The highest BCUT2D eigenvalue weighted by Gasteiger charge is 2.26. The van der Waals surface area contributed by atoms with Crippen LogP contribution in [0.25, 0.3) is 0 Å². The van der Waals surface area contributed by atoms with Crippen LogP contribution in [0.2, 0.25) is 0 Å². The third-order valence-corrected chi connectivity index (χ3v) is 3.81. The molecule has 1 aliphatic heterocycles. The summed E-state index contributed by atoms with van der Waals surface area (Å²) in [5, 5.41) is 5.76. The Bertz CT molecular complexity index is 809. The van der Waals surface area contributed by atoms with Gasteiger partial charge in [-0.1, -0.05) is 6.07 Å². The molecule has 1 amide bonds. The average Bonchev–Trinajstić information content (AvgIpc) is 3.00. The Morgan fingerprint density at radius 1 is 1.28 bits per heavy atom. The number of hydrogen-bond acceptors (Lipinski definition) is 5. The first-order chi connectivity index (χ1) is 12.1. The van der Waals surface area contributed by atoms with E-state index in [-0.39, 0.29) is 11.5 Å². The van der Waals surface area contributed by atoms with Crippen molar-refractivity contribution in [3.8, 4) is 5.75 Å². The Labute approximate surface area is 143 Å². The molecule has 2 aromatic rings. The molecule has 0 aromatic heterocycles. The summed E-state index contributed by atoms with van der Waals surface area (Å²) in [6.45, 7) is 0.385. The molecule has 3 rings (SSSR count). The predicted molar refractivity (Wildman–Crippen MR) is 90.3 cm³/mol. The molecule has 7 heteroatoms. The van der Waals surface area contributed by atoms with Crippen molar-refractivity contribution in [1.29, 1.82) is 0 Å². The first kappa shape index (κ1) is 16.8. The quantitative estimate of drug-likeness (QED) is 0.816. The maximum Gasteiger partial charge on any atom is 0.328 e. The van der Waals surface area contributed by atoms with E-state index in [1.54, 1.807) is 18.2 Å². The van der Waals surface area contributed by atoms with Gasteiger partial charge in [0.15, 0.2) is 0 Å². The molecular weight excluding hydrogens is 327 g/mol. The number of nitrogens with one attached hydrogen (secondary N) is 2. The number of halogens is 1. The second kappa shape index (κ2) is 7.21. The summed E-state index contributed by atoms with van der Waals surface area (Å²) in [7, 11) is 1.48. The number of carbonyl (C=O) groups excluding carboxylic acids is 2. The zero-order valence-corrected chi connectivity index (χ0v) is 13.5. The van der Waals surface area contributed by atoms with E-state index >= 15 is 0 Å². The van der Waals surface area contributed by atoms with Gasteiger partial charge in [0.25, 0.3) is 5.91 Å².